The van der Waals surface area contributed by atoms with Gasteiger partial charge in [-0.25, -0.2) is 0 Å². The Balaban J connectivity index is 1.89. The van der Waals surface area contributed by atoms with Crippen LogP contribution in [-0.2, 0) is 28.5 Å². The smallest absolute Gasteiger partial charge is 0.276 e. The Hall–Kier alpha value is -2.31. The molecule has 2 heterocycles. The van der Waals surface area contributed by atoms with Crippen molar-refractivity contribution in [2.75, 3.05) is 0 Å². The van der Waals surface area contributed by atoms with E-state index in [0.717, 1.165) is 36.1 Å². The van der Waals surface area contributed by atoms with Crippen molar-refractivity contribution in [1.29, 1.82) is 0 Å². The lowest BCUT2D eigenvalue weighted by Crippen LogP contribution is -2.56. The van der Waals surface area contributed by atoms with Gasteiger partial charge in [0.25, 0.3) is 5.89 Å². The lowest BCUT2D eigenvalue weighted by atomic mass is 9.49. The second kappa shape index (κ2) is 5.34. The van der Waals surface area contributed by atoms with Crippen LogP contribution in [0.25, 0.3) is 11.6 Å². The highest BCUT2D eigenvalue weighted by atomic mass is 16.5. The molecule has 1 saturated carbocycles. The van der Waals surface area contributed by atoms with Gasteiger partial charge in [0.2, 0.25) is 0 Å². The molecule has 0 bridgehead atoms. The quantitative estimate of drug-likeness (QED) is 0.606. The summed E-state index contributed by atoms with van der Waals surface area (Å²) in [6.45, 7) is 7.89. The van der Waals surface area contributed by atoms with Gasteiger partial charge in [-0.2, -0.15) is 10.1 Å². The molecule has 0 aromatic carbocycles. The lowest BCUT2D eigenvalue weighted by molar-refractivity contribution is -0.145. The molecule has 0 radical (unpaired) electrons. The second-order valence-electron chi connectivity index (χ2n) is 8.49. The summed E-state index contributed by atoms with van der Waals surface area (Å²) in [7, 11) is 1.88. The fraction of sp³-hybridized carbons (Fsp3) is 0.632. The fourth-order valence-electron chi connectivity index (χ4n) is 5.40. The molecule has 3 atom stereocenters. The summed E-state index contributed by atoms with van der Waals surface area (Å²) in [5, 5.41) is 8.72. The average molecular weight is 356 g/mol. The van der Waals surface area contributed by atoms with Gasteiger partial charge in [-0.05, 0) is 32.1 Å². The molecule has 2 aromatic heterocycles. The van der Waals surface area contributed by atoms with E-state index in [1.165, 1.54) is 0 Å². The molecule has 2 aliphatic carbocycles. The molecule has 0 N–H and O–H groups in total. The van der Waals surface area contributed by atoms with Gasteiger partial charge in [0.05, 0.1) is 11.6 Å². The molecule has 0 aliphatic heterocycles. The number of carbonyl (C=O) groups excluding carboxylic acids is 2. The van der Waals surface area contributed by atoms with E-state index in [4.69, 9.17) is 9.62 Å². The molecule has 7 heteroatoms. The van der Waals surface area contributed by atoms with Crippen molar-refractivity contribution >= 4 is 12.1 Å². The Morgan fingerprint density at radius 3 is 2.65 bits per heavy atom. The highest BCUT2D eigenvalue weighted by molar-refractivity contribution is 5.98. The van der Waals surface area contributed by atoms with Crippen LogP contribution in [0.4, 0.5) is 0 Å². The second-order valence-corrected chi connectivity index (χ2v) is 8.49. The number of Topliss-reactive ketones (excluding diaryl/α,β-unsaturated/α-hetero) is 1. The number of hydrogen-bond acceptors (Lipinski definition) is 6. The first-order chi connectivity index (χ1) is 12.2. The molecule has 138 valence electrons. The summed E-state index contributed by atoms with van der Waals surface area (Å²) in [6.07, 6.45) is 3.00. The van der Waals surface area contributed by atoms with Crippen LogP contribution in [0.15, 0.2) is 4.52 Å². The van der Waals surface area contributed by atoms with Gasteiger partial charge < -0.3 is 9.32 Å². The van der Waals surface area contributed by atoms with E-state index >= 15 is 0 Å². The van der Waals surface area contributed by atoms with E-state index in [-0.39, 0.29) is 17.1 Å². The predicted octanol–water partition coefficient (Wildman–Crippen LogP) is 2.41. The highest BCUT2D eigenvalue weighted by Crippen LogP contribution is 2.57. The first kappa shape index (κ1) is 17.1. The third-order valence-electron chi connectivity index (χ3n) is 6.52. The maximum absolute atomic E-state index is 12.8. The van der Waals surface area contributed by atoms with Crippen molar-refractivity contribution < 1.29 is 14.1 Å². The number of fused-ring (bicyclic) bond motifs is 3. The van der Waals surface area contributed by atoms with Crippen LogP contribution < -0.4 is 0 Å². The largest absolute Gasteiger partial charge is 0.332 e. The summed E-state index contributed by atoms with van der Waals surface area (Å²) >= 11 is 0. The van der Waals surface area contributed by atoms with Crippen LogP contribution in [0, 0.1) is 24.2 Å². The number of hydrogen-bond donors (Lipinski definition) is 0. The zero-order valence-corrected chi connectivity index (χ0v) is 15.9. The van der Waals surface area contributed by atoms with Gasteiger partial charge in [0.1, 0.15) is 17.8 Å². The number of aldehydes is 1. The first-order valence-electron chi connectivity index (χ1n) is 9.06. The van der Waals surface area contributed by atoms with Crippen LogP contribution in [0.5, 0.6) is 0 Å². The van der Waals surface area contributed by atoms with E-state index in [0.29, 0.717) is 18.1 Å². The normalized spacial score (nSPS) is 30.0. The van der Waals surface area contributed by atoms with Crippen molar-refractivity contribution in [1.82, 2.24) is 19.9 Å². The standard InChI is InChI=1S/C19H24N4O3/c1-10-20-17(26-22-10)14-12-6-7-13-18(2,3)16(25)11(9-24)8-19(13,4)15(12)21-23(14)5/h9,11,13H,6-8H2,1-5H3/t11?,13-,19-/m0/s1. The Bertz CT molecular complexity index is 910. The minimum absolute atomic E-state index is 0.0575. The maximum Gasteiger partial charge on any atom is 0.276 e. The zero-order valence-electron chi connectivity index (χ0n) is 15.9. The van der Waals surface area contributed by atoms with Crippen LogP contribution in [0.3, 0.4) is 0 Å². The zero-order chi connectivity index (χ0) is 18.9. The Kier molecular flexibility index (Phi) is 3.52. The van der Waals surface area contributed by atoms with Gasteiger partial charge in [0.15, 0.2) is 5.82 Å². The van der Waals surface area contributed by atoms with Gasteiger partial charge in [-0.1, -0.05) is 25.9 Å². The third kappa shape index (κ3) is 2.09. The van der Waals surface area contributed by atoms with Gasteiger partial charge >= 0.3 is 0 Å². The summed E-state index contributed by atoms with van der Waals surface area (Å²) < 4.78 is 7.19. The molecule has 2 aliphatic rings. The van der Waals surface area contributed by atoms with Crippen molar-refractivity contribution in [3.8, 4) is 11.6 Å². The fourth-order valence-corrected chi connectivity index (χ4v) is 5.40. The van der Waals surface area contributed by atoms with Crippen molar-refractivity contribution in [3.05, 3.63) is 17.1 Å². The molecule has 26 heavy (non-hydrogen) atoms. The van der Waals surface area contributed by atoms with Crippen LogP contribution in [0.2, 0.25) is 0 Å². The minimum Gasteiger partial charge on any atom is -0.332 e. The predicted molar refractivity (Wildman–Crippen MR) is 93.4 cm³/mol. The lowest BCUT2D eigenvalue weighted by Gasteiger charge is -2.53. The number of aromatic nitrogens is 4. The molecular weight excluding hydrogens is 332 g/mol. The molecule has 4 rings (SSSR count). The topological polar surface area (TPSA) is 90.9 Å². The van der Waals surface area contributed by atoms with Crippen molar-refractivity contribution in [2.45, 2.75) is 52.4 Å². The Labute approximate surface area is 152 Å². The van der Waals surface area contributed by atoms with Gasteiger partial charge in [0, 0.05) is 23.4 Å². The van der Waals surface area contributed by atoms with E-state index in [1.807, 2.05) is 20.9 Å². The summed E-state index contributed by atoms with van der Waals surface area (Å²) in [5.74, 6) is 0.688. The number of carbonyl (C=O) groups is 2. The van der Waals surface area contributed by atoms with Crippen LogP contribution >= 0.6 is 0 Å². The van der Waals surface area contributed by atoms with Crippen LogP contribution in [0.1, 0.15) is 50.7 Å². The molecule has 0 spiro atoms. The Morgan fingerprint density at radius 1 is 1.31 bits per heavy atom. The SMILES string of the molecule is Cc1noc(-c2c3c(nn2C)[C@@]2(C)CC(C=O)C(=O)C(C)(C)[C@@H]2CC3)n1. The molecule has 1 unspecified atom stereocenters. The van der Waals surface area contributed by atoms with Crippen LogP contribution in [-0.4, -0.2) is 32.0 Å². The molecule has 1 fully saturated rings. The highest BCUT2D eigenvalue weighted by Gasteiger charge is 2.58. The third-order valence-corrected chi connectivity index (χ3v) is 6.52. The molecule has 0 saturated heterocycles. The Morgan fingerprint density at radius 2 is 2.04 bits per heavy atom. The van der Waals surface area contributed by atoms with Gasteiger partial charge in [-0.3, -0.25) is 9.48 Å². The van der Waals surface area contributed by atoms with E-state index in [2.05, 4.69) is 17.1 Å². The molecular formula is C19H24N4O3. The van der Waals surface area contributed by atoms with Crippen molar-refractivity contribution in [2.24, 2.45) is 24.3 Å². The number of rotatable bonds is 2. The minimum atomic E-state index is -0.576. The number of aryl methyl sites for hydroxylation is 2. The van der Waals surface area contributed by atoms with E-state index < -0.39 is 11.3 Å². The summed E-state index contributed by atoms with van der Waals surface area (Å²) in [4.78, 5) is 28.8. The first-order valence-corrected chi connectivity index (χ1v) is 9.06. The number of nitrogens with zero attached hydrogens (tertiary/aromatic N) is 4. The maximum atomic E-state index is 12.8. The molecule has 0 amide bonds. The molecule has 2 aromatic rings. The summed E-state index contributed by atoms with van der Waals surface area (Å²) in [6, 6.07) is 0. The van der Waals surface area contributed by atoms with E-state index in [1.54, 1.807) is 11.6 Å². The number of ketones is 1. The van der Waals surface area contributed by atoms with Crippen molar-refractivity contribution in [3.63, 3.8) is 0 Å². The van der Waals surface area contributed by atoms with Gasteiger partial charge in [-0.15, -0.1) is 0 Å². The average Bonchev–Trinajstić information content (AvgIpc) is 3.14. The molecule has 7 nitrogen and oxygen atoms in total. The van der Waals surface area contributed by atoms with E-state index in [9.17, 15) is 9.59 Å². The monoisotopic (exact) mass is 356 g/mol. The summed E-state index contributed by atoms with van der Waals surface area (Å²) in [5.41, 5.74) is 2.04.